The Balaban J connectivity index is 2.03. The third-order valence-corrected chi connectivity index (χ3v) is 3.29. The summed E-state index contributed by atoms with van der Waals surface area (Å²) in [5, 5.41) is 3.21. The molecule has 2 rings (SSSR count). The fraction of sp³-hybridized carbons (Fsp3) is 0.714. The highest BCUT2D eigenvalue weighted by Crippen LogP contribution is 2.33. The standard InChI is InChI=1S/C14H24N4O/c1-14(2,10-17(3)4)9-16-12-13(19)18(8-7-15-12)11-5-6-11/h7-8,11H,5-6,9-10H2,1-4H3,(H,15,16). The van der Waals surface area contributed by atoms with Crippen molar-refractivity contribution in [3.63, 3.8) is 0 Å². The predicted molar refractivity (Wildman–Crippen MR) is 77.6 cm³/mol. The van der Waals surface area contributed by atoms with Crippen LogP contribution in [0.5, 0.6) is 0 Å². The molecule has 1 heterocycles. The van der Waals surface area contributed by atoms with Gasteiger partial charge in [-0.25, -0.2) is 4.98 Å². The van der Waals surface area contributed by atoms with E-state index in [0.29, 0.717) is 11.9 Å². The fourth-order valence-electron chi connectivity index (χ4n) is 2.42. The number of hydrogen-bond acceptors (Lipinski definition) is 4. The third-order valence-electron chi connectivity index (χ3n) is 3.29. The van der Waals surface area contributed by atoms with E-state index < -0.39 is 0 Å². The Hall–Kier alpha value is -1.36. The Morgan fingerprint density at radius 3 is 2.74 bits per heavy atom. The van der Waals surface area contributed by atoms with Crippen LogP contribution in [0.25, 0.3) is 0 Å². The first-order chi connectivity index (χ1) is 8.89. The molecular formula is C14H24N4O. The van der Waals surface area contributed by atoms with Crippen molar-refractivity contribution in [3.8, 4) is 0 Å². The monoisotopic (exact) mass is 264 g/mol. The van der Waals surface area contributed by atoms with E-state index >= 15 is 0 Å². The number of hydrogen-bond donors (Lipinski definition) is 1. The Morgan fingerprint density at radius 1 is 1.47 bits per heavy atom. The molecule has 0 saturated heterocycles. The van der Waals surface area contributed by atoms with Crippen molar-refractivity contribution in [3.05, 3.63) is 22.7 Å². The molecule has 1 aromatic heterocycles. The van der Waals surface area contributed by atoms with Gasteiger partial charge in [-0.05, 0) is 32.4 Å². The first kappa shape index (κ1) is 14.1. The van der Waals surface area contributed by atoms with Gasteiger partial charge >= 0.3 is 0 Å². The van der Waals surface area contributed by atoms with Gasteiger partial charge in [0.25, 0.3) is 5.56 Å². The van der Waals surface area contributed by atoms with Gasteiger partial charge in [-0.3, -0.25) is 4.79 Å². The van der Waals surface area contributed by atoms with Crippen LogP contribution in [-0.2, 0) is 0 Å². The predicted octanol–water partition coefficient (Wildman–Crippen LogP) is 1.58. The molecule has 0 aliphatic heterocycles. The smallest absolute Gasteiger partial charge is 0.293 e. The van der Waals surface area contributed by atoms with E-state index in [1.54, 1.807) is 17.0 Å². The second-order valence-corrected chi connectivity index (χ2v) is 6.47. The van der Waals surface area contributed by atoms with Crippen LogP contribution in [0.2, 0.25) is 0 Å². The van der Waals surface area contributed by atoms with E-state index in [-0.39, 0.29) is 11.0 Å². The van der Waals surface area contributed by atoms with Crippen molar-refractivity contribution in [2.75, 3.05) is 32.5 Å². The van der Waals surface area contributed by atoms with E-state index in [1.165, 1.54) is 0 Å². The quantitative estimate of drug-likeness (QED) is 0.847. The van der Waals surface area contributed by atoms with E-state index in [1.807, 2.05) is 0 Å². The lowest BCUT2D eigenvalue weighted by atomic mass is 9.93. The number of aromatic nitrogens is 2. The summed E-state index contributed by atoms with van der Waals surface area (Å²) in [7, 11) is 4.12. The van der Waals surface area contributed by atoms with Gasteiger partial charge in [0.05, 0.1) is 0 Å². The molecule has 1 N–H and O–H groups in total. The van der Waals surface area contributed by atoms with Gasteiger partial charge in [0.1, 0.15) is 0 Å². The van der Waals surface area contributed by atoms with Gasteiger partial charge < -0.3 is 14.8 Å². The van der Waals surface area contributed by atoms with E-state index in [0.717, 1.165) is 25.9 Å². The molecule has 0 radical (unpaired) electrons. The number of nitrogens with zero attached hydrogens (tertiary/aromatic N) is 3. The van der Waals surface area contributed by atoms with Crippen molar-refractivity contribution in [1.29, 1.82) is 0 Å². The van der Waals surface area contributed by atoms with Crippen LogP contribution in [0.1, 0.15) is 32.7 Å². The summed E-state index contributed by atoms with van der Waals surface area (Å²) < 4.78 is 1.80. The first-order valence-corrected chi connectivity index (χ1v) is 6.85. The van der Waals surface area contributed by atoms with Crippen molar-refractivity contribution in [2.24, 2.45) is 5.41 Å². The maximum Gasteiger partial charge on any atom is 0.293 e. The summed E-state index contributed by atoms with van der Waals surface area (Å²) in [6, 6.07) is 0.394. The maximum absolute atomic E-state index is 12.2. The molecule has 5 nitrogen and oxygen atoms in total. The summed E-state index contributed by atoms with van der Waals surface area (Å²) in [6.07, 6.45) is 5.71. The van der Waals surface area contributed by atoms with Crippen LogP contribution in [0.15, 0.2) is 17.2 Å². The fourth-order valence-corrected chi connectivity index (χ4v) is 2.42. The Bertz CT molecular complexity index is 488. The summed E-state index contributed by atoms with van der Waals surface area (Å²) in [5.74, 6) is 0.473. The van der Waals surface area contributed by atoms with Gasteiger partial charge in [0.15, 0.2) is 5.82 Å². The normalized spacial score (nSPS) is 15.8. The highest BCUT2D eigenvalue weighted by molar-refractivity contribution is 5.31. The van der Waals surface area contributed by atoms with Crippen LogP contribution in [0.3, 0.4) is 0 Å². The number of rotatable bonds is 6. The van der Waals surface area contributed by atoms with Crippen molar-refractivity contribution in [1.82, 2.24) is 14.5 Å². The van der Waals surface area contributed by atoms with E-state index in [4.69, 9.17) is 0 Å². The lowest BCUT2D eigenvalue weighted by Crippen LogP contribution is -2.36. The van der Waals surface area contributed by atoms with Gasteiger partial charge in [-0.1, -0.05) is 13.8 Å². The van der Waals surface area contributed by atoms with Gasteiger partial charge in [0.2, 0.25) is 0 Å². The first-order valence-electron chi connectivity index (χ1n) is 6.85. The molecule has 0 unspecified atom stereocenters. The zero-order valence-corrected chi connectivity index (χ0v) is 12.3. The average Bonchev–Trinajstić information content (AvgIpc) is 3.10. The molecular weight excluding hydrogens is 240 g/mol. The largest absolute Gasteiger partial charge is 0.365 e. The Kier molecular flexibility index (Phi) is 3.94. The van der Waals surface area contributed by atoms with Crippen LogP contribution in [0, 0.1) is 5.41 Å². The lowest BCUT2D eigenvalue weighted by Gasteiger charge is -2.28. The molecule has 0 amide bonds. The third kappa shape index (κ3) is 3.80. The van der Waals surface area contributed by atoms with Crippen LogP contribution < -0.4 is 10.9 Å². The molecule has 0 atom stereocenters. The molecule has 0 aromatic carbocycles. The minimum absolute atomic E-state index is 0.00523. The molecule has 1 saturated carbocycles. The molecule has 0 spiro atoms. The second-order valence-electron chi connectivity index (χ2n) is 6.47. The zero-order chi connectivity index (χ0) is 14.0. The van der Waals surface area contributed by atoms with Gasteiger partial charge in [-0.15, -0.1) is 0 Å². The van der Waals surface area contributed by atoms with Gasteiger partial charge in [0, 0.05) is 31.5 Å². The highest BCUT2D eigenvalue weighted by Gasteiger charge is 2.26. The van der Waals surface area contributed by atoms with Crippen LogP contribution in [-0.4, -0.2) is 41.6 Å². The topological polar surface area (TPSA) is 50.2 Å². The molecule has 1 aliphatic rings. The summed E-state index contributed by atoms with van der Waals surface area (Å²) in [4.78, 5) is 18.5. The zero-order valence-electron chi connectivity index (χ0n) is 12.3. The SMILES string of the molecule is CN(C)CC(C)(C)CNc1nccn(C2CC2)c1=O. The molecule has 1 aromatic rings. The molecule has 0 bridgehead atoms. The Morgan fingerprint density at radius 2 is 2.16 bits per heavy atom. The van der Waals surface area contributed by atoms with Crippen LogP contribution >= 0.6 is 0 Å². The van der Waals surface area contributed by atoms with E-state index in [2.05, 4.69) is 43.1 Å². The van der Waals surface area contributed by atoms with Crippen molar-refractivity contribution >= 4 is 5.82 Å². The van der Waals surface area contributed by atoms with Gasteiger partial charge in [-0.2, -0.15) is 0 Å². The molecule has 1 aliphatic carbocycles. The molecule has 5 heteroatoms. The second kappa shape index (κ2) is 5.33. The summed E-state index contributed by atoms with van der Waals surface area (Å²) in [5.41, 5.74) is 0.100. The van der Waals surface area contributed by atoms with Crippen molar-refractivity contribution < 1.29 is 0 Å². The number of nitrogens with one attached hydrogen (secondary N) is 1. The highest BCUT2D eigenvalue weighted by atomic mass is 16.1. The van der Waals surface area contributed by atoms with Crippen LogP contribution in [0.4, 0.5) is 5.82 Å². The lowest BCUT2D eigenvalue weighted by molar-refractivity contribution is 0.254. The maximum atomic E-state index is 12.2. The minimum Gasteiger partial charge on any atom is -0.365 e. The number of anilines is 1. The summed E-state index contributed by atoms with van der Waals surface area (Å²) in [6.45, 7) is 6.07. The minimum atomic E-state index is 0.00523. The Labute approximate surface area is 114 Å². The molecule has 1 fully saturated rings. The summed E-state index contributed by atoms with van der Waals surface area (Å²) >= 11 is 0. The average molecular weight is 264 g/mol. The van der Waals surface area contributed by atoms with E-state index in [9.17, 15) is 4.79 Å². The molecule has 19 heavy (non-hydrogen) atoms. The molecule has 106 valence electrons. The van der Waals surface area contributed by atoms with Crippen molar-refractivity contribution in [2.45, 2.75) is 32.7 Å².